The minimum atomic E-state index is 0.731. The van der Waals surface area contributed by atoms with Crippen molar-refractivity contribution in [3.8, 4) is 0 Å². The van der Waals surface area contributed by atoms with Gasteiger partial charge in [-0.25, -0.2) is 9.97 Å². The van der Waals surface area contributed by atoms with Crippen molar-refractivity contribution in [2.75, 3.05) is 0 Å². The first-order valence-corrected chi connectivity index (χ1v) is 3.84. The number of imidazole rings is 1. The molecule has 0 radical (unpaired) electrons. The van der Waals surface area contributed by atoms with Crippen LogP contribution in [0.15, 0.2) is 31.0 Å². The molecule has 0 bridgehead atoms. The molecule has 5 heteroatoms. The Balaban J connectivity index is 2.65. The highest BCUT2D eigenvalue weighted by molar-refractivity contribution is 5.86. The van der Waals surface area contributed by atoms with Gasteiger partial charge in [-0.1, -0.05) is 0 Å². The molecule has 0 amide bonds. The van der Waals surface area contributed by atoms with E-state index in [4.69, 9.17) is 0 Å². The summed E-state index contributed by atoms with van der Waals surface area (Å²) in [6.45, 7) is 0. The second-order valence-electron chi connectivity index (χ2n) is 2.67. The zero-order chi connectivity index (χ0) is 8.67. The van der Waals surface area contributed by atoms with Crippen LogP contribution in [0.1, 0.15) is 0 Å². The van der Waals surface area contributed by atoms with Gasteiger partial charge in [0.25, 0.3) is 0 Å². The van der Waals surface area contributed by atoms with Crippen LogP contribution in [0.3, 0.4) is 0 Å². The third-order valence-electron chi connectivity index (χ3n) is 1.90. The molecule has 3 rings (SSSR count). The van der Waals surface area contributed by atoms with Gasteiger partial charge in [-0.15, -0.1) is 5.10 Å². The highest BCUT2D eigenvalue weighted by Crippen LogP contribution is 2.11. The first-order valence-electron chi connectivity index (χ1n) is 3.84. The lowest BCUT2D eigenvalue weighted by Gasteiger charge is -1.95. The van der Waals surface area contributed by atoms with Crippen molar-refractivity contribution in [1.29, 1.82) is 0 Å². The smallest absolute Gasteiger partial charge is 0.168 e. The summed E-state index contributed by atoms with van der Waals surface area (Å²) >= 11 is 0. The predicted molar refractivity (Wildman–Crippen MR) is 46.1 cm³/mol. The van der Waals surface area contributed by atoms with Gasteiger partial charge >= 0.3 is 0 Å². The quantitative estimate of drug-likeness (QED) is 0.499. The number of rotatable bonds is 0. The lowest BCUT2D eigenvalue weighted by atomic mass is 10.4. The fourth-order valence-corrected chi connectivity index (χ4v) is 1.30. The molecule has 3 aromatic rings. The van der Waals surface area contributed by atoms with Crippen molar-refractivity contribution in [3.63, 3.8) is 0 Å². The first kappa shape index (κ1) is 6.47. The van der Waals surface area contributed by atoms with Crippen LogP contribution in [0, 0.1) is 0 Å². The summed E-state index contributed by atoms with van der Waals surface area (Å²) in [5, 5.41) is 7.78. The molecule has 0 fully saturated rings. The van der Waals surface area contributed by atoms with E-state index in [1.807, 2.05) is 16.7 Å². The maximum absolute atomic E-state index is 4.20. The van der Waals surface area contributed by atoms with Crippen LogP contribution in [-0.2, 0) is 0 Å². The van der Waals surface area contributed by atoms with Crippen molar-refractivity contribution < 1.29 is 0 Å². The highest BCUT2D eigenvalue weighted by atomic mass is 15.1. The molecule has 62 valence electrons. The Bertz CT molecular complexity index is 571. The zero-order valence-corrected chi connectivity index (χ0v) is 6.62. The van der Waals surface area contributed by atoms with E-state index in [2.05, 4.69) is 20.2 Å². The average molecular weight is 171 g/mol. The molecular weight excluding hydrogens is 166 g/mol. The number of nitrogens with zero attached hydrogens (tertiary/aromatic N) is 5. The molecular formula is C8H5N5. The van der Waals surface area contributed by atoms with Crippen molar-refractivity contribution >= 4 is 16.7 Å². The monoisotopic (exact) mass is 171 g/mol. The maximum atomic E-state index is 4.20. The average Bonchev–Trinajstić information content (AvgIpc) is 2.65. The predicted octanol–water partition coefficient (Wildman–Crippen LogP) is 0.672. The van der Waals surface area contributed by atoms with Gasteiger partial charge in [0.1, 0.15) is 6.33 Å². The van der Waals surface area contributed by atoms with Crippen molar-refractivity contribution in [3.05, 3.63) is 31.0 Å². The van der Waals surface area contributed by atoms with Crippen LogP contribution in [0.5, 0.6) is 0 Å². The lowest BCUT2D eigenvalue weighted by molar-refractivity contribution is 1.04. The Morgan fingerprint density at radius 2 is 2.15 bits per heavy atom. The van der Waals surface area contributed by atoms with E-state index in [0.29, 0.717) is 0 Å². The van der Waals surface area contributed by atoms with Crippen molar-refractivity contribution in [1.82, 2.24) is 24.6 Å². The molecule has 3 heterocycles. The van der Waals surface area contributed by atoms with E-state index >= 15 is 0 Å². The molecule has 3 aromatic heterocycles. The summed E-state index contributed by atoms with van der Waals surface area (Å²) in [5.74, 6) is 0. The van der Waals surface area contributed by atoms with Gasteiger partial charge < -0.3 is 0 Å². The van der Waals surface area contributed by atoms with Crippen LogP contribution in [0.4, 0.5) is 0 Å². The largest absolute Gasteiger partial charge is 0.289 e. The van der Waals surface area contributed by atoms with E-state index in [0.717, 1.165) is 16.7 Å². The van der Waals surface area contributed by atoms with Gasteiger partial charge in [0.15, 0.2) is 11.2 Å². The molecule has 0 N–H and O–H groups in total. The molecule has 0 atom stereocenters. The normalized spacial score (nSPS) is 11.1. The Hall–Kier alpha value is -2.04. The number of fused-ring (bicyclic) bond motifs is 3. The summed E-state index contributed by atoms with van der Waals surface area (Å²) < 4.78 is 1.82. The molecule has 0 aromatic carbocycles. The number of hydrogen-bond acceptors (Lipinski definition) is 4. The van der Waals surface area contributed by atoms with Gasteiger partial charge in [-0.2, -0.15) is 5.10 Å². The molecule has 0 spiro atoms. The van der Waals surface area contributed by atoms with E-state index in [9.17, 15) is 0 Å². The third-order valence-corrected chi connectivity index (χ3v) is 1.90. The minimum Gasteiger partial charge on any atom is -0.289 e. The van der Waals surface area contributed by atoms with E-state index in [-0.39, 0.29) is 0 Å². The molecule has 0 saturated heterocycles. The topological polar surface area (TPSA) is 56.0 Å². The Morgan fingerprint density at radius 1 is 1.15 bits per heavy atom. The molecule has 5 nitrogen and oxygen atoms in total. The van der Waals surface area contributed by atoms with Gasteiger partial charge in [0, 0.05) is 12.4 Å². The molecule has 0 aliphatic heterocycles. The number of hydrogen-bond donors (Lipinski definition) is 0. The van der Waals surface area contributed by atoms with Gasteiger partial charge in [-0.3, -0.25) is 4.40 Å². The minimum absolute atomic E-state index is 0.731. The summed E-state index contributed by atoms with van der Waals surface area (Å²) in [5.41, 5.74) is 2.34. The van der Waals surface area contributed by atoms with Crippen LogP contribution in [0.25, 0.3) is 16.7 Å². The van der Waals surface area contributed by atoms with Crippen LogP contribution >= 0.6 is 0 Å². The first-order chi connectivity index (χ1) is 6.45. The molecule has 13 heavy (non-hydrogen) atoms. The van der Waals surface area contributed by atoms with Gasteiger partial charge in [-0.05, 0) is 6.07 Å². The zero-order valence-electron chi connectivity index (χ0n) is 6.62. The fourth-order valence-electron chi connectivity index (χ4n) is 1.30. The summed E-state index contributed by atoms with van der Waals surface area (Å²) in [4.78, 5) is 8.37. The SMILES string of the molecule is c1cc2ncn3ccnc3c2nn1. The molecule has 0 unspecified atom stereocenters. The fraction of sp³-hybridized carbons (Fsp3) is 0. The van der Waals surface area contributed by atoms with E-state index in [1.165, 1.54) is 0 Å². The van der Waals surface area contributed by atoms with Gasteiger partial charge in [0.05, 0.1) is 11.7 Å². The number of aromatic nitrogens is 5. The molecule has 0 saturated carbocycles. The van der Waals surface area contributed by atoms with Gasteiger partial charge in [0.2, 0.25) is 0 Å². The summed E-state index contributed by atoms with van der Waals surface area (Å²) in [7, 11) is 0. The van der Waals surface area contributed by atoms with E-state index in [1.54, 1.807) is 18.7 Å². The van der Waals surface area contributed by atoms with Crippen molar-refractivity contribution in [2.45, 2.75) is 0 Å². The Kier molecular flexibility index (Phi) is 1.11. The second kappa shape index (κ2) is 2.22. The Labute approximate surface area is 73.1 Å². The summed E-state index contributed by atoms with van der Waals surface area (Å²) in [6.07, 6.45) is 6.88. The molecule has 0 aliphatic rings. The summed E-state index contributed by atoms with van der Waals surface area (Å²) in [6, 6.07) is 1.82. The molecule has 0 aliphatic carbocycles. The third kappa shape index (κ3) is 0.807. The van der Waals surface area contributed by atoms with Crippen LogP contribution < -0.4 is 0 Å². The highest BCUT2D eigenvalue weighted by Gasteiger charge is 2.02. The van der Waals surface area contributed by atoms with Crippen molar-refractivity contribution in [2.24, 2.45) is 0 Å². The Morgan fingerprint density at radius 3 is 3.15 bits per heavy atom. The van der Waals surface area contributed by atoms with E-state index < -0.39 is 0 Å². The lowest BCUT2D eigenvalue weighted by Crippen LogP contribution is -1.92. The maximum Gasteiger partial charge on any atom is 0.168 e. The van der Waals surface area contributed by atoms with Crippen LogP contribution in [-0.4, -0.2) is 24.6 Å². The second-order valence-corrected chi connectivity index (χ2v) is 2.67. The van der Waals surface area contributed by atoms with Crippen LogP contribution in [0.2, 0.25) is 0 Å². The standard InChI is InChI=1S/C8H5N5/c1-2-11-12-7-6(1)10-5-13-4-3-9-8(7)13/h1-5H.